The fourth-order valence-electron chi connectivity index (χ4n) is 2.52. The second-order valence-electron chi connectivity index (χ2n) is 5.88. The summed E-state index contributed by atoms with van der Waals surface area (Å²) in [6, 6.07) is 9.55. The predicted octanol–water partition coefficient (Wildman–Crippen LogP) is 2.52. The summed E-state index contributed by atoms with van der Waals surface area (Å²) >= 11 is 11.9. The van der Waals surface area contributed by atoms with Gasteiger partial charge in [0, 0.05) is 5.02 Å². The van der Waals surface area contributed by atoms with Gasteiger partial charge in [-0.3, -0.25) is 19.7 Å². The smallest absolute Gasteiger partial charge is 0.335 e. The zero-order chi connectivity index (χ0) is 21.1. The van der Waals surface area contributed by atoms with Crippen LogP contribution in [0.3, 0.4) is 0 Å². The number of primary amides is 1. The van der Waals surface area contributed by atoms with Crippen LogP contribution in [0.25, 0.3) is 6.08 Å². The van der Waals surface area contributed by atoms with E-state index in [0.717, 1.165) is 4.90 Å². The Labute approximate surface area is 174 Å². The lowest BCUT2D eigenvalue weighted by atomic mass is 10.1. The van der Waals surface area contributed by atoms with E-state index >= 15 is 0 Å². The van der Waals surface area contributed by atoms with Crippen LogP contribution >= 0.6 is 23.2 Å². The number of imide groups is 2. The van der Waals surface area contributed by atoms with Crippen LogP contribution in [-0.4, -0.2) is 30.4 Å². The standard InChI is InChI=1S/C19H13Cl2N3O5/c20-11-3-6-15(14(21)8-11)24-18(27)13(17(26)23-19(24)28)7-10-1-4-12(5-2-10)29-9-16(22)25/h1-8H,9H2,(H2,22,25)(H,23,26,28). The Balaban J connectivity index is 1.90. The largest absolute Gasteiger partial charge is 0.484 e. The van der Waals surface area contributed by atoms with Crippen molar-refractivity contribution in [3.63, 3.8) is 0 Å². The number of carbonyl (C=O) groups is 4. The summed E-state index contributed by atoms with van der Waals surface area (Å²) in [5.41, 5.74) is 5.33. The van der Waals surface area contributed by atoms with Gasteiger partial charge in [-0.05, 0) is 42.0 Å². The van der Waals surface area contributed by atoms with Crippen molar-refractivity contribution >= 4 is 58.7 Å². The van der Waals surface area contributed by atoms with Gasteiger partial charge in [-0.1, -0.05) is 35.3 Å². The molecule has 10 heteroatoms. The molecule has 29 heavy (non-hydrogen) atoms. The summed E-state index contributed by atoms with van der Waals surface area (Å²) in [4.78, 5) is 48.8. The summed E-state index contributed by atoms with van der Waals surface area (Å²) in [5.74, 6) is -1.91. The number of nitrogens with two attached hydrogens (primary N) is 1. The van der Waals surface area contributed by atoms with E-state index in [4.69, 9.17) is 33.7 Å². The molecule has 5 amide bonds. The van der Waals surface area contributed by atoms with Crippen LogP contribution in [0.2, 0.25) is 10.0 Å². The van der Waals surface area contributed by atoms with Gasteiger partial charge >= 0.3 is 6.03 Å². The fourth-order valence-corrected chi connectivity index (χ4v) is 3.01. The summed E-state index contributed by atoms with van der Waals surface area (Å²) in [5, 5.41) is 2.51. The van der Waals surface area contributed by atoms with Crippen LogP contribution in [0.5, 0.6) is 5.75 Å². The first-order valence-electron chi connectivity index (χ1n) is 8.14. The number of barbiturate groups is 1. The lowest BCUT2D eigenvalue weighted by Gasteiger charge is -2.27. The van der Waals surface area contributed by atoms with E-state index in [9.17, 15) is 19.2 Å². The van der Waals surface area contributed by atoms with Crippen LogP contribution in [0, 0.1) is 0 Å². The van der Waals surface area contributed by atoms with Gasteiger partial charge in [-0.15, -0.1) is 0 Å². The third-order valence-electron chi connectivity index (χ3n) is 3.82. The number of amides is 5. The van der Waals surface area contributed by atoms with E-state index in [1.54, 1.807) is 24.3 Å². The summed E-state index contributed by atoms with van der Waals surface area (Å²) < 4.78 is 5.15. The quantitative estimate of drug-likeness (QED) is 0.554. The van der Waals surface area contributed by atoms with Crippen molar-refractivity contribution in [1.82, 2.24) is 5.32 Å². The normalized spacial score (nSPS) is 15.4. The Kier molecular flexibility index (Phi) is 5.86. The third kappa shape index (κ3) is 4.56. The molecule has 2 aromatic carbocycles. The number of nitrogens with one attached hydrogen (secondary N) is 1. The molecule has 148 valence electrons. The highest BCUT2D eigenvalue weighted by molar-refractivity contribution is 6.42. The highest BCUT2D eigenvalue weighted by Gasteiger charge is 2.37. The number of rotatable bonds is 5. The minimum Gasteiger partial charge on any atom is -0.484 e. The molecule has 1 heterocycles. The molecule has 0 aromatic heterocycles. The number of anilines is 1. The summed E-state index contributed by atoms with van der Waals surface area (Å²) in [6.45, 7) is -0.278. The second-order valence-corrected chi connectivity index (χ2v) is 6.72. The van der Waals surface area contributed by atoms with Crippen molar-refractivity contribution in [3.05, 3.63) is 63.6 Å². The molecule has 1 aliphatic heterocycles. The van der Waals surface area contributed by atoms with Crippen molar-refractivity contribution in [2.24, 2.45) is 5.73 Å². The van der Waals surface area contributed by atoms with E-state index in [1.807, 2.05) is 0 Å². The maximum Gasteiger partial charge on any atom is 0.335 e. The predicted molar refractivity (Wildman–Crippen MR) is 107 cm³/mol. The van der Waals surface area contributed by atoms with Crippen LogP contribution < -0.4 is 20.7 Å². The molecule has 0 saturated carbocycles. The third-order valence-corrected chi connectivity index (χ3v) is 4.36. The van der Waals surface area contributed by atoms with E-state index in [2.05, 4.69) is 5.32 Å². The lowest BCUT2D eigenvalue weighted by molar-refractivity contribution is -0.123. The Bertz CT molecular complexity index is 1050. The zero-order valence-electron chi connectivity index (χ0n) is 14.6. The molecule has 1 aliphatic rings. The van der Waals surface area contributed by atoms with Crippen LogP contribution in [-0.2, 0) is 14.4 Å². The van der Waals surface area contributed by atoms with Crippen LogP contribution in [0.1, 0.15) is 5.56 Å². The zero-order valence-corrected chi connectivity index (χ0v) is 16.2. The Morgan fingerprint density at radius 3 is 2.41 bits per heavy atom. The minimum absolute atomic E-state index is 0.0747. The molecule has 3 N–H and O–H groups in total. The summed E-state index contributed by atoms with van der Waals surface area (Å²) in [7, 11) is 0. The van der Waals surface area contributed by atoms with E-state index in [1.165, 1.54) is 24.3 Å². The fraction of sp³-hybridized carbons (Fsp3) is 0.0526. The van der Waals surface area contributed by atoms with E-state index in [-0.39, 0.29) is 22.9 Å². The van der Waals surface area contributed by atoms with Gasteiger partial charge in [-0.25, -0.2) is 9.69 Å². The Hall–Kier alpha value is -3.36. The Morgan fingerprint density at radius 1 is 1.10 bits per heavy atom. The number of ether oxygens (including phenoxy) is 1. The van der Waals surface area contributed by atoms with Gasteiger partial charge in [0.05, 0.1) is 10.7 Å². The van der Waals surface area contributed by atoms with Crippen molar-refractivity contribution in [2.75, 3.05) is 11.5 Å². The van der Waals surface area contributed by atoms with Crippen molar-refractivity contribution in [3.8, 4) is 5.75 Å². The van der Waals surface area contributed by atoms with Crippen LogP contribution in [0.15, 0.2) is 48.0 Å². The number of hydrogen-bond donors (Lipinski definition) is 2. The molecular weight excluding hydrogens is 421 g/mol. The summed E-state index contributed by atoms with van der Waals surface area (Å²) in [6.07, 6.45) is 1.32. The number of hydrogen-bond acceptors (Lipinski definition) is 5. The molecule has 3 rings (SSSR count). The Morgan fingerprint density at radius 2 is 1.79 bits per heavy atom. The number of carbonyl (C=O) groups excluding carboxylic acids is 4. The van der Waals surface area contributed by atoms with Crippen molar-refractivity contribution in [1.29, 1.82) is 0 Å². The first kappa shape index (κ1) is 20.4. The highest BCUT2D eigenvalue weighted by atomic mass is 35.5. The molecule has 0 atom stereocenters. The topological polar surface area (TPSA) is 119 Å². The van der Waals surface area contributed by atoms with Crippen molar-refractivity contribution < 1.29 is 23.9 Å². The van der Waals surface area contributed by atoms with Crippen molar-refractivity contribution in [2.45, 2.75) is 0 Å². The van der Waals surface area contributed by atoms with Crippen LogP contribution in [0.4, 0.5) is 10.5 Å². The number of urea groups is 1. The molecule has 8 nitrogen and oxygen atoms in total. The van der Waals surface area contributed by atoms with Gasteiger partial charge in [0.1, 0.15) is 11.3 Å². The maximum atomic E-state index is 12.8. The van der Waals surface area contributed by atoms with Gasteiger partial charge in [0.2, 0.25) is 0 Å². The molecule has 0 bridgehead atoms. The van der Waals surface area contributed by atoms with Gasteiger partial charge in [0.25, 0.3) is 17.7 Å². The first-order valence-corrected chi connectivity index (χ1v) is 8.89. The van der Waals surface area contributed by atoms with E-state index < -0.39 is 23.8 Å². The van der Waals surface area contributed by atoms with Gasteiger partial charge < -0.3 is 10.5 Å². The first-order chi connectivity index (χ1) is 13.8. The molecule has 0 aliphatic carbocycles. The lowest BCUT2D eigenvalue weighted by Crippen LogP contribution is -2.54. The average Bonchev–Trinajstić information content (AvgIpc) is 2.66. The maximum absolute atomic E-state index is 12.8. The monoisotopic (exact) mass is 433 g/mol. The number of halogens is 2. The molecule has 1 saturated heterocycles. The SMILES string of the molecule is NC(=O)COc1ccc(C=C2C(=O)NC(=O)N(c3ccc(Cl)cc3Cl)C2=O)cc1. The minimum atomic E-state index is -0.920. The van der Waals surface area contributed by atoms with E-state index in [0.29, 0.717) is 16.3 Å². The van der Waals surface area contributed by atoms with Gasteiger partial charge in [-0.2, -0.15) is 0 Å². The molecule has 0 unspecified atom stereocenters. The molecule has 1 fully saturated rings. The van der Waals surface area contributed by atoms with Gasteiger partial charge in [0.15, 0.2) is 6.61 Å². The molecule has 0 radical (unpaired) electrons. The number of nitrogens with zero attached hydrogens (tertiary/aromatic N) is 1. The molecule has 0 spiro atoms. The number of benzene rings is 2. The highest BCUT2D eigenvalue weighted by Crippen LogP contribution is 2.31. The molecule has 2 aromatic rings. The average molecular weight is 434 g/mol. The second kappa shape index (κ2) is 8.34. The molecular formula is C19H13Cl2N3O5.